The molecule has 2 aliphatic heterocycles. The summed E-state index contributed by atoms with van der Waals surface area (Å²) in [5.74, 6) is -0.241. The average Bonchev–Trinajstić information content (AvgIpc) is 2.63. The second-order valence-electron chi connectivity index (χ2n) is 5.45. The molecule has 0 spiro atoms. The van der Waals surface area contributed by atoms with Gasteiger partial charge in [0.2, 0.25) is 0 Å². The number of carbonyl (C=O) groups is 1. The lowest BCUT2D eigenvalue weighted by Crippen LogP contribution is -2.58. The van der Waals surface area contributed by atoms with E-state index in [1.807, 2.05) is 30.0 Å². The largest absolute Gasteiger partial charge is 0.336 e. The normalized spacial score (nSPS) is 29.5. The summed E-state index contributed by atoms with van der Waals surface area (Å²) in [6, 6.07) is 8.03. The van der Waals surface area contributed by atoms with Crippen molar-refractivity contribution >= 4 is 11.6 Å². The lowest BCUT2D eigenvalue weighted by Gasteiger charge is -2.42. The number of amides is 1. The smallest absolute Gasteiger partial charge is 0.267 e. The number of para-hydroxylation sites is 1. The number of hydroxylamine groups is 2. The molecule has 1 fully saturated rings. The average molecular weight is 232 g/mol. The van der Waals surface area contributed by atoms with Crippen molar-refractivity contribution in [3.05, 3.63) is 29.8 Å². The van der Waals surface area contributed by atoms with Crippen LogP contribution in [0.5, 0.6) is 0 Å². The lowest BCUT2D eigenvalue weighted by atomic mass is 9.77. The van der Waals surface area contributed by atoms with E-state index in [-0.39, 0.29) is 17.9 Å². The minimum atomic E-state index is -0.687. The molecular formula is C13H16N2O2. The van der Waals surface area contributed by atoms with Crippen LogP contribution in [-0.2, 0) is 10.2 Å². The number of hydrogen-bond acceptors (Lipinski definition) is 3. The van der Waals surface area contributed by atoms with Crippen LogP contribution in [-0.4, -0.2) is 28.4 Å². The number of fused-ring (bicyclic) bond motifs is 3. The SMILES string of the molecule is CC1(C)c2ccccc2N2CC(=O)N(O)C21C. The fourth-order valence-corrected chi connectivity index (χ4v) is 3.13. The summed E-state index contributed by atoms with van der Waals surface area (Å²) >= 11 is 0. The Morgan fingerprint density at radius 2 is 1.88 bits per heavy atom. The minimum Gasteiger partial charge on any atom is -0.336 e. The van der Waals surface area contributed by atoms with Gasteiger partial charge in [0.05, 0.1) is 0 Å². The third-order valence-corrected chi connectivity index (χ3v) is 4.52. The Kier molecular flexibility index (Phi) is 1.76. The minimum absolute atomic E-state index is 0.241. The number of anilines is 1. The van der Waals surface area contributed by atoms with Crippen LogP contribution in [0.1, 0.15) is 26.3 Å². The van der Waals surface area contributed by atoms with E-state index in [0.29, 0.717) is 0 Å². The Labute approximate surface area is 100 Å². The van der Waals surface area contributed by atoms with Crippen LogP contribution in [0.25, 0.3) is 0 Å². The predicted octanol–water partition coefficient (Wildman–Crippen LogP) is 1.73. The lowest BCUT2D eigenvalue weighted by molar-refractivity contribution is -0.185. The number of hydrogen-bond donors (Lipinski definition) is 1. The molecule has 1 amide bonds. The molecule has 0 aliphatic carbocycles. The van der Waals surface area contributed by atoms with E-state index in [0.717, 1.165) is 10.8 Å². The van der Waals surface area contributed by atoms with Gasteiger partial charge < -0.3 is 4.90 Å². The zero-order valence-corrected chi connectivity index (χ0v) is 10.3. The summed E-state index contributed by atoms with van der Waals surface area (Å²) < 4.78 is 0. The maximum Gasteiger partial charge on any atom is 0.267 e. The molecule has 1 unspecified atom stereocenters. The van der Waals surface area contributed by atoms with E-state index < -0.39 is 5.66 Å². The Balaban J connectivity index is 2.28. The highest BCUT2D eigenvalue weighted by Crippen LogP contribution is 2.54. The first-order chi connectivity index (χ1) is 7.90. The molecule has 1 aromatic carbocycles. The second-order valence-corrected chi connectivity index (χ2v) is 5.45. The van der Waals surface area contributed by atoms with Crippen molar-refractivity contribution in [2.24, 2.45) is 0 Å². The van der Waals surface area contributed by atoms with E-state index in [2.05, 4.69) is 19.9 Å². The van der Waals surface area contributed by atoms with Gasteiger partial charge in [-0.3, -0.25) is 10.0 Å². The second kappa shape index (κ2) is 2.82. The van der Waals surface area contributed by atoms with E-state index in [4.69, 9.17) is 0 Å². The van der Waals surface area contributed by atoms with Crippen LogP contribution < -0.4 is 4.90 Å². The Bertz CT molecular complexity index is 512. The summed E-state index contributed by atoms with van der Waals surface area (Å²) in [6.07, 6.45) is 0. The molecule has 90 valence electrons. The van der Waals surface area contributed by atoms with Crippen molar-refractivity contribution in [3.8, 4) is 0 Å². The maximum absolute atomic E-state index is 11.7. The zero-order chi connectivity index (χ0) is 12.4. The van der Waals surface area contributed by atoms with Crippen molar-refractivity contribution < 1.29 is 10.0 Å². The van der Waals surface area contributed by atoms with Gasteiger partial charge in [-0.05, 0) is 18.6 Å². The molecule has 0 aromatic heterocycles. The first kappa shape index (κ1) is 10.6. The fraction of sp³-hybridized carbons (Fsp3) is 0.462. The molecule has 4 heteroatoms. The van der Waals surface area contributed by atoms with Crippen LogP contribution in [0.2, 0.25) is 0 Å². The van der Waals surface area contributed by atoms with Gasteiger partial charge >= 0.3 is 0 Å². The van der Waals surface area contributed by atoms with Gasteiger partial charge in [-0.1, -0.05) is 32.0 Å². The molecule has 3 rings (SSSR count). The molecule has 1 saturated heterocycles. The quantitative estimate of drug-likeness (QED) is 0.693. The third-order valence-electron chi connectivity index (χ3n) is 4.52. The summed E-state index contributed by atoms with van der Waals surface area (Å²) in [6.45, 7) is 6.28. The first-order valence-electron chi connectivity index (χ1n) is 5.80. The van der Waals surface area contributed by atoms with Crippen LogP contribution >= 0.6 is 0 Å². The highest BCUT2D eigenvalue weighted by molar-refractivity contribution is 5.89. The standard InChI is InChI=1S/C13H16N2O2/c1-12(2)9-6-4-5-7-10(9)14-8-11(16)15(17)13(12,14)3/h4-7,17H,8H2,1-3H3. The molecule has 1 atom stereocenters. The number of carbonyl (C=O) groups excluding carboxylic acids is 1. The molecule has 0 radical (unpaired) electrons. The highest BCUT2D eigenvalue weighted by atomic mass is 16.5. The maximum atomic E-state index is 11.7. The number of rotatable bonds is 0. The predicted molar refractivity (Wildman–Crippen MR) is 63.9 cm³/mol. The van der Waals surface area contributed by atoms with Gasteiger partial charge in [0.1, 0.15) is 12.2 Å². The molecular weight excluding hydrogens is 216 g/mol. The zero-order valence-electron chi connectivity index (χ0n) is 10.3. The van der Waals surface area contributed by atoms with E-state index in [1.165, 1.54) is 5.56 Å². The highest BCUT2D eigenvalue weighted by Gasteiger charge is 2.62. The van der Waals surface area contributed by atoms with Crippen molar-refractivity contribution in [1.29, 1.82) is 0 Å². The Morgan fingerprint density at radius 1 is 1.24 bits per heavy atom. The van der Waals surface area contributed by atoms with Gasteiger partial charge in [0, 0.05) is 11.1 Å². The molecule has 0 bridgehead atoms. The number of benzene rings is 1. The van der Waals surface area contributed by atoms with Gasteiger partial charge in [-0.15, -0.1) is 0 Å². The van der Waals surface area contributed by atoms with Crippen LogP contribution in [0.3, 0.4) is 0 Å². The van der Waals surface area contributed by atoms with E-state index >= 15 is 0 Å². The third kappa shape index (κ3) is 0.954. The summed E-state index contributed by atoms with van der Waals surface area (Å²) in [7, 11) is 0. The topological polar surface area (TPSA) is 43.8 Å². The molecule has 0 saturated carbocycles. The molecule has 4 nitrogen and oxygen atoms in total. The molecule has 17 heavy (non-hydrogen) atoms. The van der Waals surface area contributed by atoms with Gasteiger partial charge in [0.15, 0.2) is 0 Å². The fourth-order valence-electron chi connectivity index (χ4n) is 3.13. The van der Waals surface area contributed by atoms with Gasteiger partial charge in [-0.25, -0.2) is 0 Å². The van der Waals surface area contributed by atoms with E-state index in [1.54, 1.807) is 0 Å². The van der Waals surface area contributed by atoms with Crippen LogP contribution in [0.15, 0.2) is 24.3 Å². The van der Waals surface area contributed by atoms with Crippen molar-refractivity contribution in [2.45, 2.75) is 31.8 Å². The summed E-state index contributed by atoms with van der Waals surface area (Å²) in [4.78, 5) is 13.7. The summed E-state index contributed by atoms with van der Waals surface area (Å²) in [5.41, 5.74) is 1.23. The van der Waals surface area contributed by atoms with Crippen molar-refractivity contribution in [2.75, 3.05) is 11.4 Å². The van der Waals surface area contributed by atoms with Crippen molar-refractivity contribution in [1.82, 2.24) is 5.06 Å². The van der Waals surface area contributed by atoms with Gasteiger partial charge in [-0.2, -0.15) is 5.06 Å². The monoisotopic (exact) mass is 232 g/mol. The first-order valence-corrected chi connectivity index (χ1v) is 5.80. The Morgan fingerprint density at radius 3 is 2.59 bits per heavy atom. The summed E-state index contributed by atoms with van der Waals surface area (Å²) in [5, 5.41) is 11.0. The van der Waals surface area contributed by atoms with Crippen LogP contribution in [0.4, 0.5) is 5.69 Å². The molecule has 1 aromatic rings. The molecule has 2 heterocycles. The molecule has 1 N–H and O–H groups in total. The van der Waals surface area contributed by atoms with Gasteiger partial charge in [0.25, 0.3) is 5.91 Å². The number of nitrogens with zero attached hydrogens (tertiary/aromatic N) is 2. The molecule has 2 aliphatic rings. The van der Waals surface area contributed by atoms with E-state index in [9.17, 15) is 10.0 Å². The van der Waals surface area contributed by atoms with Crippen LogP contribution in [0, 0.1) is 0 Å². The Hall–Kier alpha value is -1.55. The van der Waals surface area contributed by atoms with Crippen molar-refractivity contribution in [3.63, 3.8) is 0 Å².